The maximum Gasteiger partial charge on any atom is 0.249 e. The summed E-state index contributed by atoms with van der Waals surface area (Å²) in [5.74, 6) is 0.863. The zero-order valence-electron chi connectivity index (χ0n) is 15.3. The molecule has 2 aliphatic heterocycles. The highest BCUT2D eigenvalue weighted by Crippen LogP contribution is 2.45. The van der Waals surface area contributed by atoms with Crippen LogP contribution >= 0.6 is 0 Å². The Morgan fingerprint density at radius 2 is 2.08 bits per heavy atom. The molecular weight excluding hydrogens is 304 g/mol. The first-order valence-corrected chi connectivity index (χ1v) is 9.37. The van der Waals surface area contributed by atoms with Crippen LogP contribution in [0.2, 0.25) is 0 Å². The molecule has 0 N–H and O–H groups in total. The van der Waals surface area contributed by atoms with E-state index in [-0.39, 0.29) is 0 Å². The van der Waals surface area contributed by atoms with Crippen molar-refractivity contribution in [3.63, 3.8) is 0 Å². The maximum atomic E-state index is 12.6. The zero-order valence-corrected chi connectivity index (χ0v) is 15.3. The van der Waals surface area contributed by atoms with Gasteiger partial charge < -0.3 is 19.3 Å². The summed E-state index contributed by atoms with van der Waals surface area (Å²) >= 11 is 0. The molecular formula is C19H32N2O3. The quantitative estimate of drug-likeness (QED) is 0.743. The van der Waals surface area contributed by atoms with E-state index >= 15 is 0 Å². The van der Waals surface area contributed by atoms with Crippen LogP contribution in [0.15, 0.2) is 11.6 Å². The van der Waals surface area contributed by atoms with E-state index < -0.39 is 0 Å². The molecule has 1 aliphatic carbocycles. The van der Waals surface area contributed by atoms with Gasteiger partial charge in [-0.1, -0.05) is 6.08 Å². The van der Waals surface area contributed by atoms with Crippen molar-refractivity contribution in [1.82, 2.24) is 9.80 Å². The lowest BCUT2D eigenvalue weighted by molar-refractivity contribution is -0.130. The Morgan fingerprint density at radius 3 is 2.71 bits per heavy atom. The topological polar surface area (TPSA) is 42.0 Å². The normalized spacial score (nSPS) is 27.0. The van der Waals surface area contributed by atoms with E-state index in [0.717, 1.165) is 83.6 Å². The van der Waals surface area contributed by atoms with E-state index in [0.29, 0.717) is 17.2 Å². The summed E-state index contributed by atoms with van der Waals surface area (Å²) in [6, 6.07) is 0. The summed E-state index contributed by atoms with van der Waals surface area (Å²) in [6.07, 6.45) is 7.53. The number of ether oxygens (including phenoxy) is 2. The number of allylic oxidation sites excluding steroid dienone is 1. The average Bonchev–Trinajstić information content (AvgIpc) is 3.23. The van der Waals surface area contributed by atoms with Crippen molar-refractivity contribution in [3.8, 4) is 0 Å². The molecule has 0 aromatic heterocycles. The largest absolute Gasteiger partial charge is 0.384 e. The Labute approximate surface area is 146 Å². The first kappa shape index (κ1) is 17.9. The van der Waals surface area contributed by atoms with Crippen LogP contribution in [-0.2, 0) is 14.3 Å². The second kappa shape index (κ2) is 7.98. The molecule has 1 amide bonds. The number of carbonyl (C=O) groups is 1. The highest BCUT2D eigenvalue weighted by atomic mass is 16.5. The van der Waals surface area contributed by atoms with Crippen LogP contribution in [0.3, 0.4) is 0 Å². The predicted molar refractivity (Wildman–Crippen MR) is 93.9 cm³/mol. The molecule has 2 heterocycles. The Morgan fingerprint density at radius 1 is 1.29 bits per heavy atom. The minimum atomic E-state index is 0.292. The van der Waals surface area contributed by atoms with Crippen LogP contribution in [-0.4, -0.2) is 75.9 Å². The van der Waals surface area contributed by atoms with Crippen LogP contribution < -0.4 is 0 Å². The van der Waals surface area contributed by atoms with Crippen molar-refractivity contribution < 1.29 is 14.3 Å². The number of likely N-dealkylation sites (tertiary alicyclic amines) is 2. The molecule has 0 aromatic carbocycles. The van der Waals surface area contributed by atoms with Gasteiger partial charge in [0.25, 0.3) is 0 Å². The lowest BCUT2D eigenvalue weighted by Gasteiger charge is -2.42. The Balaban J connectivity index is 1.60. The van der Waals surface area contributed by atoms with Gasteiger partial charge in [-0.25, -0.2) is 0 Å². The fraction of sp³-hybridized carbons (Fsp3) is 0.842. The van der Waals surface area contributed by atoms with Crippen LogP contribution in [0, 0.1) is 11.3 Å². The molecule has 0 saturated carbocycles. The first-order valence-electron chi connectivity index (χ1n) is 9.37. The third-order valence-electron chi connectivity index (χ3n) is 6.22. The number of hydrogen-bond acceptors (Lipinski definition) is 4. The van der Waals surface area contributed by atoms with Gasteiger partial charge >= 0.3 is 0 Å². The number of methoxy groups -OCH3 is 2. The molecule has 0 bridgehead atoms. The summed E-state index contributed by atoms with van der Waals surface area (Å²) in [5, 5.41) is 0. The van der Waals surface area contributed by atoms with E-state index in [9.17, 15) is 4.79 Å². The number of nitrogens with zero attached hydrogens (tertiary/aromatic N) is 2. The predicted octanol–water partition coefficient (Wildman–Crippen LogP) is 1.93. The van der Waals surface area contributed by atoms with Crippen molar-refractivity contribution in [2.75, 3.05) is 60.2 Å². The van der Waals surface area contributed by atoms with E-state index in [2.05, 4.69) is 15.9 Å². The lowest BCUT2D eigenvalue weighted by Crippen LogP contribution is -2.47. The molecule has 1 unspecified atom stereocenters. The first-order chi connectivity index (χ1) is 11.7. The van der Waals surface area contributed by atoms with Crippen LogP contribution in [0.4, 0.5) is 0 Å². The average molecular weight is 336 g/mol. The Kier molecular flexibility index (Phi) is 5.95. The summed E-state index contributed by atoms with van der Waals surface area (Å²) in [4.78, 5) is 17.2. The number of carbonyl (C=O) groups excluding carboxylic acids is 1. The number of amides is 1. The van der Waals surface area contributed by atoms with E-state index in [1.807, 2.05) is 0 Å². The molecule has 5 heteroatoms. The maximum absolute atomic E-state index is 12.6. The van der Waals surface area contributed by atoms with Crippen molar-refractivity contribution in [1.29, 1.82) is 0 Å². The molecule has 1 atom stereocenters. The fourth-order valence-corrected chi connectivity index (χ4v) is 4.76. The number of rotatable bonds is 6. The van der Waals surface area contributed by atoms with Crippen molar-refractivity contribution in [2.24, 2.45) is 11.3 Å². The van der Waals surface area contributed by atoms with Gasteiger partial charge in [-0.05, 0) is 37.5 Å². The minimum Gasteiger partial charge on any atom is -0.384 e. The van der Waals surface area contributed by atoms with Crippen molar-refractivity contribution in [2.45, 2.75) is 32.1 Å². The van der Waals surface area contributed by atoms with Gasteiger partial charge in [-0.2, -0.15) is 0 Å². The summed E-state index contributed by atoms with van der Waals surface area (Å²) in [5.41, 5.74) is 1.36. The second-order valence-electron chi connectivity index (χ2n) is 7.66. The standard InChI is InChI=1S/C19H32N2O3/c1-23-12-11-20-13-17(14-24-2)19(15-20)7-9-21(10-8-19)18(22)16-5-3-4-6-16/h5,17H,3-4,6-15H2,1-2H3. The van der Waals surface area contributed by atoms with Crippen LogP contribution in [0.25, 0.3) is 0 Å². The summed E-state index contributed by atoms with van der Waals surface area (Å²) in [7, 11) is 3.57. The molecule has 2 saturated heterocycles. The summed E-state index contributed by atoms with van der Waals surface area (Å²) in [6.45, 7) is 6.61. The summed E-state index contributed by atoms with van der Waals surface area (Å²) < 4.78 is 10.8. The third-order valence-corrected chi connectivity index (χ3v) is 6.22. The Bertz CT molecular complexity index is 469. The molecule has 0 radical (unpaired) electrons. The van der Waals surface area contributed by atoms with Gasteiger partial charge in [0.05, 0.1) is 13.2 Å². The third kappa shape index (κ3) is 3.68. The van der Waals surface area contributed by atoms with Gasteiger partial charge in [0.2, 0.25) is 5.91 Å². The zero-order chi connectivity index (χ0) is 17.0. The Hall–Kier alpha value is -0.910. The minimum absolute atomic E-state index is 0.292. The monoisotopic (exact) mass is 336 g/mol. The highest BCUT2D eigenvalue weighted by molar-refractivity contribution is 5.93. The molecule has 3 aliphatic rings. The van der Waals surface area contributed by atoms with E-state index in [4.69, 9.17) is 9.47 Å². The molecule has 2 fully saturated rings. The van der Waals surface area contributed by atoms with E-state index in [1.54, 1.807) is 14.2 Å². The highest BCUT2D eigenvalue weighted by Gasteiger charge is 2.48. The molecule has 136 valence electrons. The second-order valence-corrected chi connectivity index (χ2v) is 7.66. The van der Waals surface area contributed by atoms with Crippen molar-refractivity contribution in [3.05, 3.63) is 11.6 Å². The smallest absolute Gasteiger partial charge is 0.249 e. The van der Waals surface area contributed by atoms with Crippen LogP contribution in [0.5, 0.6) is 0 Å². The lowest BCUT2D eigenvalue weighted by atomic mass is 9.71. The molecule has 1 spiro atoms. The molecule has 24 heavy (non-hydrogen) atoms. The molecule has 5 nitrogen and oxygen atoms in total. The van der Waals surface area contributed by atoms with E-state index in [1.165, 1.54) is 0 Å². The molecule has 3 rings (SSSR count). The number of hydrogen-bond donors (Lipinski definition) is 0. The van der Waals surface area contributed by atoms with Gasteiger partial charge in [0.15, 0.2) is 0 Å². The van der Waals surface area contributed by atoms with Gasteiger partial charge in [-0.3, -0.25) is 4.79 Å². The van der Waals surface area contributed by atoms with Gasteiger partial charge in [0, 0.05) is 58.4 Å². The fourth-order valence-electron chi connectivity index (χ4n) is 4.76. The van der Waals surface area contributed by atoms with Gasteiger partial charge in [0.1, 0.15) is 0 Å². The van der Waals surface area contributed by atoms with Gasteiger partial charge in [-0.15, -0.1) is 0 Å². The number of piperidine rings is 1. The van der Waals surface area contributed by atoms with Crippen molar-refractivity contribution >= 4 is 5.91 Å². The molecule has 0 aromatic rings. The van der Waals surface area contributed by atoms with Crippen LogP contribution in [0.1, 0.15) is 32.1 Å². The SMILES string of the molecule is COCCN1CC(COC)C2(CCN(C(=O)C3=CCCC3)CC2)C1.